The maximum atomic E-state index is 12.5. The minimum Gasteiger partial charge on any atom is -0.366 e. The van der Waals surface area contributed by atoms with E-state index in [9.17, 15) is 18.0 Å². The van der Waals surface area contributed by atoms with Crippen molar-refractivity contribution in [2.75, 3.05) is 10.0 Å². The lowest BCUT2D eigenvalue weighted by molar-refractivity contribution is 0.0998. The van der Waals surface area contributed by atoms with E-state index in [-0.39, 0.29) is 4.90 Å². The first-order valence-corrected chi connectivity index (χ1v) is 10.1. The van der Waals surface area contributed by atoms with Crippen molar-refractivity contribution < 1.29 is 18.0 Å². The standard InChI is InChI=1S/C21H19N3O4S/c1-14-2-8-18(9-3-14)24-29(27,28)19-12-6-16(7-13-19)21(26)23-17-10-4-15(5-11-17)20(22)25/h2-13,24H,1H3,(H2,22,25)(H,23,26). The summed E-state index contributed by atoms with van der Waals surface area (Å²) in [5.74, 6) is -0.966. The molecule has 0 aliphatic carbocycles. The van der Waals surface area contributed by atoms with Gasteiger partial charge in [0.1, 0.15) is 0 Å². The summed E-state index contributed by atoms with van der Waals surface area (Å²) < 4.78 is 27.5. The van der Waals surface area contributed by atoms with Crippen LogP contribution < -0.4 is 15.8 Å². The predicted octanol–water partition coefficient (Wildman–Crippen LogP) is 3.15. The Bertz CT molecular complexity index is 1140. The lowest BCUT2D eigenvalue weighted by Crippen LogP contribution is -2.15. The molecule has 0 fully saturated rings. The molecule has 0 aromatic heterocycles. The number of nitrogens with two attached hydrogens (primary N) is 1. The van der Waals surface area contributed by atoms with Crippen LogP contribution in [-0.2, 0) is 10.0 Å². The van der Waals surface area contributed by atoms with Crippen LogP contribution in [-0.4, -0.2) is 20.2 Å². The van der Waals surface area contributed by atoms with Crippen molar-refractivity contribution in [3.05, 3.63) is 89.5 Å². The van der Waals surface area contributed by atoms with Gasteiger partial charge >= 0.3 is 0 Å². The molecule has 2 amide bonds. The molecule has 29 heavy (non-hydrogen) atoms. The fourth-order valence-corrected chi connectivity index (χ4v) is 3.60. The predicted molar refractivity (Wildman–Crippen MR) is 111 cm³/mol. The molecule has 3 aromatic rings. The summed E-state index contributed by atoms with van der Waals surface area (Å²) in [5.41, 5.74) is 7.76. The number of aryl methyl sites for hydroxylation is 1. The second-order valence-corrected chi connectivity index (χ2v) is 8.07. The molecule has 148 valence electrons. The lowest BCUT2D eigenvalue weighted by Gasteiger charge is -2.10. The number of hydrogen-bond donors (Lipinski definition) is 3. The molecular weight excluding hydrogens is 390 g/mol. The Labute approximate surface area is 168 Å². The third kappa shape index (κ3) is 4.99. The summed E-state index contributed by atoms with van der Waals surface area (Å²) >= 11 is 0. The van der Waals surface area contributed by atoms with Crippen molar-refractivity contribution in [3.8, 4) is 0 Å². The number of primary amides is 1. The monoisotopic (exact) mass is 409 g/mol. The van der Waals surface area contributed by atoms with Gasteiger partial charge in [-0.25, -0.2) is 8.42 Å². The zero-order valence-corrected chi connectivity index (χ0v) is 16.4. The number of hydrogen-bond acceptors (Lipinski definition) is 4. The van der Waals surface area contributed by atoms with Crippen molar-refractivity contribution in [1.82, 2.24) is 0 Å². The van der Waals surface area contributed by atoms with E-state index in [0.717, 1.165) is 5.56 Å². The molecular formula is C21H19N3O4S. The van der Waals surface area contributed by atoms with Crippen molar-refractivity contribution >= 4 is 33.2 Å². The fourth-order valence-electron chi connectivity index (χ4n) is 2.54. The van der Waals surface area contributed by atoms with Crippen LogP contribution in [0.15, 0.2) is 77.7 Å². The summed E-state index contributed by atoms with van der Waals surface area (Å²) in [4.78, 5) is 23.5. The second kappa shape index (κ2) is 8.15. The molecule has 0 saturated carbocycles. The minimum atomic E-state index is -3.77. The van der Waals surface area contributed by atoms with Crippen LogP contribution >= 0.6 is 0 Å². The van der Waals surface area contributed by atoms with Gasteiger partial charge in [0.25, 0.3) is 15.9 Å². The van der Waals surface area contributed by atoms with Crippen LogP contribution in [0.5, 0.6) is 0 Å². The first kappa shape index (κ1) is 20.1. The van der Waals surface area contributed by atoms with Gasteiger partial charge < -0.3 is 11.1 Å². The number of nitrogens with one attached hydrogen (secondary N) is 2. The van der Waals surface area contributed by atoms with Gasteiger partial charge in [-0.1, -0.05) is 17.7 Å². The van der Waals surface area contributed by atoms with Gasteiger partial charge in [-0.15, -0.1) is 0 Å². The number of benzene rings is 3. The second-order valence-electron chi connectivity index (χ2n) is 6.39. The first-order chi connectivity index (χ1) is 13.7. The molecule has 0 atom stereocenters. The third-order valence-corrected chi connectivity index (χ3v) is 5.56. The highest BCUT2D eigenvalue weighted by Crippen LogP contribution is 2.18. The fraction of sp³-hybridized carbons (Fsp3) is 0.0476. The number of sulfonamides is 1. The topological polar surface area (TPSA) is 118 Å². The van der Waals surface area contributed by atoms with Gasteiger partial charge in [-0.2, -0.15) is 0 Å². The van der Waals surface area contributed by atoms with Crippen LogP contribution in [0.1, 0.15) is 26.3 Å². The molecule has 4 N–H and O–H groups in total. The van der Waals surface area contributed by atoms with Crippen LogP contribution in [0.4, 0.5) is 11.4 Å². The number of carbonyl (C=O) groups excluding carboxylic acids is 2. The smallest absolute Gasteiger partial charge is 0.261 e. The van der Waals surface area contributed by atoms with Crippen LogP contribution in [0, 0.1) is 6.92 Å². The molecule has 3 rings (SSSR count). The van der Waals surface area contributed by atoms with Gasteiger partial charge in [-0.05, 0) is 67.6 Å². The van der Waals surface area contributed by atoms with E-state index in [1.807, 2.05) is 6.92 Å². The van der Waals surface area contributed by atoms with E-state index in [1.54, 1.807) is 36.4 Å². The Balaban J connectivity index is 1.70. The molecule has 8 heteroatoms. The number of amides is 2. The number of anilines is 2. The molecule has 3 aromatic carbocycles. The molecule has 0 bridgehead atoms. The molecule has 0 radical (unpaired) electrons. The maximum Gasteiger partial charge on any atom is 0.261 e. The molecule has 0 heterocycles. The summed E-state index contributed by atoms with van der Waals surface area (Å²) in [5, 5.41) is 2.67. The minimum absolute atomic E-state index is 0.0421. The SMILES string of the molecule is Cc1ccc(NS(=O)(=O)c2ccc(C(=O)Nc3ccc(C(N)=O)cc3)cc2)cc1. The van der Waals surface area contributed by atoms with Gasteiger partial charge in [-0.3, -0.25) is 14.3 Å². The van der Waals surface area contributed by atoms with Crippen molar-refractivity contribution in [1.29, 1.82) is 0 Å². The Morgan fingerprint density at radius 2 is 1.28 bits per heavy atom. The van der Waals surface area contributed by atoms with Crippen LogP contribution in [0.25, 0.3) is 0 Å². The van der Waals surface area contributed by atoms with E-state index < -0.39 is 21.8 Å². The Morgan fingerprint density at radius 3 is 1.83 bits per heavy atom. The summed E-state index contributed by atoms with van der Waals surface area (Å²) in [6.45, 7) is 1.91. The van der Waals surface area contributed by atoms with E-state index in [1.165, 1.54) is 36.4 Å². The van der Waals surface area contributed by atoms with E-state index >= 15 is 0 Å². The highest BCUT2D eigenvalue weighted by atomic mass is 32.2. The normalized spacial score (nSPS) is 10.9. The van der Waals surface area contributed by atoms with Gasteiger partial charge in [0.15, 0.2) is 0 Å². The Hall–Kier alpha value is -3.65. The molecule has 0 aliphatic rings. The van der Waals surface area contributed by atoms with Gasteiger partial charge in [0.05, 0.1) is 4.90 Å². The van der Waals surface area contributed by atoms with E-state index in [2.05, 4.69) is 10.0 Å². The summed E-state index contributed by atoms with van der Waals surface area (Å²) in [6, 6.07) is 18.7. The number of rotatable bonds is 6. The molecule has 7 nitrogen and oxygen atoms in total. The number of carbonyl (C=O) groups is 2. The lowest BCUT2D eigenvalue weighted by atomic mass is 10.2. The maximum absolute atomic E-state index is 12.5. The van der Waals surface area contributed by atoms with Crippen molar-refractivity contribution in [2.45, 2.75) is 11.8 Å². The highest BCUT2D eigenvalue weighted by molar-refractivity contribution is 7.92. The highest BCUT2D eigenvalue weighted by Gasteiger charge is 2.15. The van der Waals surface area contributed by atoms with Crippen molar-refractivity contribution in [3.63, 3.8) is 0 Å². The molecule has 0 spiro atoms. The summed E-state index contributed by atoms with van der Waals surface area (Å²) in [7, 11) is -3.77. The average molecular weight is 409 g/mol. The van der Waals surface area contributed by atoms with Crippen LogP contribution in [0.2, 0.25) is 0 Å². The quantitative estimate of drug-likeness (QED) is 0.579. The summed E-state index contributed by atoms with van der Waals surface area (Å²) in [6.07, 6.45) is 0. The Kier molecular flexibility index (Phi) is 5.65. The average Bonchev–Trinajstić information content (AvgIpc) is 2.70. The zero-order chi connectivity index (χ0) is 21.0. The third-order valence-electron chi connectivity index (χ3n) is 4.16. The molecule has 0 aliphatic heterocycles. The van der Waals surface area contributed by atoms with Gasteiger partial charge in [0, 0.05) is 22.5 Å². The molecule has 0 saturated heterocycles. The Morgan fingerprint density at radius 1 is 0.759 bits per heavy atom. The van der Waals surface area contributed by atoms with Crippen LogP contribution in [0.3, 0.4) is 0 Å². The van der Waals surface area contributed by atoms with Crippen molar-refractivity contribution in [2.24, 2.45) is 5.73 Å². The van der Waals surface area contributed by atoms with E-state index in [4.69, 9.17) is 5.73 Å². The van der Waals surface area contributed by atoms with Gasteiger partial charge in [0.2, 0.25) is 5.91 Å². The molecule has 0 unspecified atom stereocenters. The van der Waals surface area contributed by atoms with E-state index in [0.29, 0.717) is 22.5 Å². The first-order valence-electron chi connectivity index (χ1n) is 8.65. The largest absolute Gasteiger partial charge is 0.366 e. The zero-order valence-electron chi connectivity index (χ0n) is 15.5.